The Kier molecular flexibility index (Phi) is 6.25. The lowest BCUT2D eigenvalue weighted by Crippen LogP contribution is -2.49. The molecule has 6 rings (SSSR count). The zero-order valence-corrected chi connectivity index (χ0v) is 24.1. The third-order valence-corrected chi connectivity index (χ3v) is 8.68. The number of hydrogen-bond acceptors (Lipinski definition) is 6. The van der Waals surface area contributed by atoms with Crippen LogP contribution >= 0.6 is 0 Å². The average molecular weight is 587 g/mol. The number of nitrogens with one attached hydrogen (secondary N) is 1. The minimum atomic E-state index is -4.49. The van der Waals surface area contributed by atoms with Gasteiger partial charge in [-0.05, 0) is 83.6 Å². The largest absolute Gasteiger partial charge is 0.444 e. The van der Waals surface area contributed by atoms with E-state index in [-0.39, 0.29) is 47.1 Å². The number of rotatable bonds is 3. The summed E-state index contributed by atoms with van der Waals surface area (Å²) < 4.78 is 47.9. The van der Waals surface area contributed by atoms with Crippen LogP contribution in [0.15, 0.2) is 23.0 Å². The van der Waals surface area contributed by atoms with Crippen molar-refractivity contribution in [2.24, 2.45) is 5.92 Å². The van der Waals surface area contributed by atoms with E-state index in [0.29, 0.717) is 37.3 Å². The van der Waals surface area contributed by atoms with Crippen LogP contribution in [0, 0.1) is 19.8 Å². The first-order valence-corrected chi connectivity index (χ1v) is 14.1. The number of fused-ring (bicyclic) bond motifs is 6. The lowest BCUT2D eigenvalue weighted by molar-refractivity contribution is -0.137. The molecular weight excluding hydrogens is 553 g/mol. The molecule has 42 heavy (non-hydrogen) atoms. The Hall–Kier alpha value is -3.90. The number of amides is 2. The monoisotopic (exact) mass is 586 g/mol. The number of piperidine rings is 1. The quantitative estimate of drug-likeness (QED) is 0.482. The number of aromatic nitrogens is 4. The fraction of sp³-hybridized carbons (Fsp3) is 0.552. The number of likely N-dealkylation sites (tertiary alicyclic amines) is 1. The van der Waals surface area contributed by atoms with Crippen molar-refractivity contribution in [1.29, 1.82) is 0 Å². The van der Waals surface area contributed by atoms with Gasteiger partial charge in [0, 0.05) is 41.4 Å². The molecule has 13 heteroatoms. The second-order valence-corrected chi connectivity index (χ2v) is 12.7. The molecule has 3 aromatic rings. The van der Waals surface area contributed by atoms with E-state index < -0.39 is 28.7 Å². The van der Waals surface area contributed by atoms with Crippen molar-refractivity contribution >= 4 is 23.5 Å². The average Bonchev–Trinajstić information content (AvgIpc) is 3.51. The van der Waals surface area contributed by atoms with Crippen molar-refractivity contribution in [3.63, 3.8) is 0 Å². The molecule has 2 aliphatic carbocycles. The molecule has 1 spiro atoms. The predicted molar refractivity (Wildman–Crippen MR) is 146 cm³/mol. The van der Waals surface area contributed by atoms with Crippen LogP contribution in [0.3, 0.4) is 0 Å². The van der Waals surface area contributed by atoms with Crippen LogP contribution in [0.4, 0.5) is 23.7 Å². The Morgan fingerprint density at radius 2 is 1.83 bits per heavy atom. The van der Waals surface area contributed by atoms with Crippen LogP contribution in [0.1, 0.15) is 74.2 Å². The summed E-state index contributed by atoms with van der Waals surface area (Å²) in [5, 5.41) is 7.07. The molecular formula is C29H33F3N6O4. The number of halogens is 3. The number of hydrogen-bond donors (Lipinski definition) is 1. The van der Waals surface area contributed by atoms with E-state index in [0.717, 1.165) is 24.2 Å². The van der Waals surface area contributed by atoms with Gasteiger partial charge in [0.2, 0.25) is 11.7 Å². The van der Waals surface area contributed by atoms with Crippen molar-refractivity contribution in [1.82, 2.24) is 24.1 Å². The van der Waals surface area contributed by atoms with E-state index in [1.54, 1.807) is 16.4 Å². The summed E-state index contributed by atoms with van der Waals surface area (Å²) in [6.07, 6.45) is -2.82. The zero-order chi connectivity index (χ0) is 30.4. The number of anilines is 1. The summed E-state index contributed by atoms with van der Waals surface area (Å²) in [5.74, 6) is 0.460. The minimum Gasteiger partial charge on any atom is -0.444 e. The summed E-state index contributed by atoms with van der Waals surface area (Å²) in [4.78, 5) is 46.1. The van der Waals surface area contributed by atoms with Crippen LogP contribution < -0.4 is 10.9 Å². The van der Waals surface area contributed by atoms with E-state index in [2.05, 4.69) is 15.4 Å². The molecule has 1 aliphatic heterocycles. The Bertz CT molecular complexity index is 1680. The normalized spacial score (nSPS) is 20.9. The molecule has 2 fully saturated rings. The number of aryl methyl sites for hydroxylation is 2. The third kappa shape index (κ3) is 4.62. The first-order chi connectivity index (χ1) is 19.6. The molecule has 0 bridgehead atoms. The number of carbonyl (C=O) groups excluding carboxylic acids is 2. The van der Waals surface area contributed by atoms with E-state index in [1.807, 2.05) is 20.8 Å². The Morgan fingerprint density at radius 1 is 1.14 bits per heavy atom. The fourth-order valence-electron chi connectivity index (χ4n) is 6.82. The predicted octanol–water partition coefficient (Wildman–Crippen LogP) is 4.55. The van der Waals surface area contributed by atoms with Gasteiger partial charge in [-0.1, -0.05) is 0 Å². The maximum absolute atomic E-state index is 13.9. The van der Waals surface area contributed by atoms with E-state index in [9.17, 15) is 27.6 Å². The van der Waals surface area contributed by atoms with Crippen LogP contribution in [0.25, 0.3) is 5.78 Å². The first kappa shape index (κ1) is 28.2. The first-order valence-electron chi connectivity index (χ1n) is 14.1. The second-order valence-electron chi connectivity index (χ2n) is 12.7. The topological polar surface area (TPSA) is 111 Å². The van der Waals surface area contributed by atoms with Crippen molar-refractivity contribution in [3.8, 4) is 0 Å². The smallest absolute Gasteiger partial charge is 0.416 e. The maximum atomic E-state index is 13.9. The molecule has 1 saturated heterocycles. The summed E-state index contributed by atoms with van der Waals surface area (Å²) in [5.41, 5.74) is -0.158. The molecule has 1 saturated carbocycles. The van der Waals surface area contributed by atoms with Crippen molar-refractivity contribution in [2.75, 3.05) is 18.4 Å². The van der Waals surface area contributed by atoms with Gasteiger partial charge in [0.05, 0.1) is 5.56 Å². The van der Waals surface area contributed by atoms with Gasteiger partial charge >= 0.3 is 12.3 Å². The lowest BCUT2D eigenvalue weighted by atomic mass is 9.71. The van der Waals surface area contributed by atoms with Gasteiger partial charge in [-0.25, -0.2) is 4.79 Å². The van der Waals surface area contributed by atoms with Gasteiger partial charge in [-0.15, -0.1) is 5.10 Å². The third-order valence-electron chi connectivity index (χ3n) is 8.68. The molecule has 0 radical (unpaired) electrons. The number of alkyl halides is 3. The summed E-state index contributed by atoms with van der Waals surface area (Å²) in [7, 11) is 0. The van der Waals surface area contributed by atoms with Gasteiger partial charge in [-0.3, -0.25) is 9.59 Å². The standard InChI is InChI=1S/C29H33F3N6O4/c1-15-12-17(29(30,31)32)6-7-20(15)34-21(39)14-37-23-18-13-19(18)28(22(23)24(40)38-25(37)33-16(2)35-38)8-10-36(11-9-28)26(41)42-27(3,4)5/h6-7,12,18-19H,8-11,13-14H2,1-5H3,(H,34,39). The number of nitrogens with zero attached hydrogens (tertiary/aromatic N) is 5. The van der Waals surface area contributed by atoms with Crippen molar-refractivity contribution < 1.29 is 27.5 Å². The highest BCUT2D eigenvalue weighted by Gasteiger charge is 2.64. The molecule has 10 nitrogen and oxygen atoms in total. The van der Waals surface area contributed by atoms with Gasteiger partial charge in [0.1, 0.15) is 18.0 Å². The van der Waals surface area contributed by atoms with Crippen LogP contribution in [0.2, 0.25) is 0 Å². The van der Waals surface area contributed by atoms with E-state index in [1.165, 1.54) is 17.5 Å². The molecule has 1 N–H and O–H groups in total. The molecule has 3 aliphatic rings. The summed E-state index contributed by atoms with van der Waals surface area (Å²) in [6, 6.07) is 3.17. The van der Waals surface area contributed by atoms with Gasteiger partial charge in [0.15, 0.2) is 0 Å². The number of benzene rings is 1. The van der Waals surface area contributed by atoms with Crippen molar-refractivity contribution in [3.05, 3.63) is 56.8 Å². The number of carbonyl (C=O) groups is 2. The highest BCUT2D eigenvalue weighted by Crippen LogP contribution is 2.67. The lowest BCUT2D eigenvalue weighted by Gasteiger charge is -2.41. The molecule has 2 aromatic heterocycles. The van der Waals surface area contributed by atoms with Gasteiger partial charge in [0.25, 0.3) is 5.56 Å². The molecule has 1 aromatic carbocycles. The molecule has 2 unspecified atom stereocenters. The van der Waals surface area contributed by atoms with E-state index in [4.69, 9.17) is 4.74 Å². The molecule has 3 heterocycles. The highest BCUT2D eigenvalue weighted by molar-refractivity contribution is 5.91. The second kappa shape index (κ2) is 9.30. The fourth-order valence-corrected chi connectivity index (χ4v) is 6.82. The summed E-state index contributed by atoms with van der Waals surface area (Å²) in [6.45, 7) is 9.34. The Balaban J connectivity index is 1.33. The van der Waals surface area contributed by atoms with Crippen molar-refractivity contribution in [2.45, 2.75) is 83.5 Å². The van der Waals surface area contributed by atoms with Crippen LogP contribution in [0.5, 0.6) is 0 Å². The highest BCUT2D eigenvalue weighted by atomic mass is 19.4. The molecule has 2 atom stereocenters. The van der Waals surface area contributed by atoms with Crippen LogP contribution in [-0.4, -0.2) is 54.8 Å². The minimum absolute atomic E-state index is 0.0726. The number of ether oxygens (including phenoxy) is 1. The molecule has 2 amide bonds. The Morgan fingerprint density at radius 3 is 2.45 bits per heavy atom. The Labute approximate surface area is 239 Å². The zero-order valence-electron chi connectivity index (χ0n) is 24.1. The van der Waals surface area contributed by atoms with Gasteiger partial charge in [-0.2, -0.15) is 22.7 Å². The summed E-state index contributed by atoms with van der Waals surface area (Å²) >= 11 is 0. The SMILES string of the molecule is Cc1nc2n(CC(=O)Nc3ccc(C(F)(F)F)cc3C)c3c(c(=O)n2n1)C1(CCN(C(=O)OC(C)(C)C)CC1)C1CC31. The van der Waals surface area contributed by atoms with Crippen LogP contribution in [-0.2, 0) is 27.7 Å². The maximum Gasteiger partial charge on any atom is 0.416 e. The molecule has 224 valence electrons. The van der Waals surface area contributed by atoms with E-state index >= 15 is 0 Å². The van der Waals surface area contributed by atoms with Gasteiger partial charge < -0.3 is 19.5 Å².